The van der Waals surface area contributed by atoms with Crippen LogP contribution in [0, 0.1) is 0 Å². The van der Waals surface area contributed by atoms with Crippen molar-refractivity contribution >= 4 is 31.6 Å². The summed E-state index contributed by atoms with van der Waals surface area (Å²) >= 11 is 0.753. The Kier molecular flexibility index (Phi) is 3.27. The summed E-state index contributed by atoms with van der Waals surface area (Å²) in [5, 5.41) is 9.12. The second-order valence-electron chi connectivity index (χ2n) is 4.70. The van der Waals surface area contributed by atoms with Gasteiger partial charge in [-0.3, -0.25) is 19.0 Å². The molecule has 3 heterocycles. The van der Waals surface area contributed by atoms with Gasteiger partial charge < -0.3 is 0 Å². The van der Waals surface area contributed by atoms with Crippen molar-refractivity contribution in [3.8, 4) is 0 Å². The maximum Gasteiger partial charge on any atom is 0.329 e. The number of fused-ring (bicyclic) bond motifs is 1. The highest BCUT2D eigenvalue weighted by atomic mass is 32.2. The van der Waals surface area contributed by atoms with Crippen molar-refractivity contribution in [1.82, 2.24) is 19.3 Å². The van der Waals surface area contributed by atoms with Crippen LogP contribution in [-0.2, 0) is 23.6 Å². The predicted octanol–water partition coefficient (Wildman–Crippen LogP) is -0.819. The highest BCUT2D eigenvalue weighted by Gasteiger charge is 2.17. The van der Waals surface area contributed by atoms with Crippen LogP contribution < -0.4 is 16.4 Å². The summed E-state index contributed by atoms with van der Waals surface area (Å²) in [7, 11) is -2.21. The van der Waals surface area contributed by atoms with E-state index in [2.05, 4.69) is 10.1 Å². The van der Waals surface area contributed by atoms with E-state index in [1.165, 1.54) is 6.07 Å². The third-order valence-corrected chi connectivity index (χ3v) is 5.50. The Morgan fingerprint density at radius 1 is 1.41 bits per heavy atom. The standard InChI is InChI=1S/C11H11N5O4S2/c1-15-4-6(3-13-15)5-16-10(17)7-2-8(22(12,19)20)21-9(7)14-11(16)18/h2-4H,5H2,1H3,(H,14,18)(H2,12,19,20). The summed E-state index contributed by atoms with van der Waals surface area (Å²) < 4.78 is 25.1. The summed E-state index contributed by atoms with van der Waals surface area (Å²) in [6.07, 6.45) is 3.22. The monoisotopic (exact) mass is 341 g/mol. The first kappa shape index (κ1) is 14.7. The molecule has 9 nitrogen and oxygen atoms in total. The van der Waals surface area contributed by atoms with Crippen molar-refractivity contribution in [3.63, 3.8) is 0 Å². The molecule has 0 bridgehead atoms. The maximum absolute atomic E-state index is 12.4. The van der Waals surface area contributed by atoms with Crippen LogP contribution in [0.15, 0.2) is 32.3 Å². The van der Waals surface area contributed by atoms with E-state index < -0.39 is 21.3 Å². The molecule has 3 aromatic heterocycles. The second kappa shape index (κ2) is 4.90. The zero-order valence-electron chi connectivity index (χ0n) is 11.3. The number of thiophene rings is 1. The van der Waals surface area contributed by atoms with Gasteiger partial charge in [0.2, 0.25) is 10.0 Å². The molecule has 0 radical (unpaired) electrons. The Hall–Kier alpha value is -2.24. The molecular weight excluding hydrogens is 330 g/mol. The molecule has 0 saturated carbocycles. The van der Waals surface area contributed by atoms with Crippen molar-refractivity contribution in [3.05, 3.63) is 44.9 Å². The van der Waals surface area contributed by atoms with E-state index in [1.807, 2.05) is 0 Å². The van der Waals surface area contributed by atoms with Gasteiger partial charge >= 0.3 is 5.69 Å². The minimum absolute atomic E-state index is 0.0402. The third-order valence-electron chi connectivity index (χ3n) is 3.03. The summed E-state index contributed by atoms with van der Waals surface area (Å²) in [5.41, 5.74) is -0.519. The number of rotatable bonds is 3. The highest BCUT2D eigenvalue weighted by Crippen LogP contribution is 2.23. The van der Waals surface area contributed by atoms with E-state index in [4.69, 9.17) is 5.14 Å². The number of hydrogen-bond donors (Lipinski definition) is 2. The number of H-pyrrole nitrogens is 1. The third kappa shape index (κ3) is 2.49. The van der Waals surface area contributed by atoms with Gasteiger partial charge in [-0.15, -0.1) is 11.3 Å². The number of nitrogens with zero attached hydrogens (tertiary/aromatic N) is 3. The number of sulfonamides is 1. The summed E-state index contributed by atoms with van der Waals surface area (Å²) in [6, 6.07) is 1.17. The van der Waals surface area contributed by atoms with Gasteiger partial charge in [-0.05, 0) is 6.07 Å². The quantitative estimate of drug-likeness (QED) is 0.642. The van der Waals surface area contributed by atoms with Crippen LogP contribution in [0.4, 0.5) is 0 Å². The SMILES string of the molecule is Cn1cc(Cn2c(=O)[nH]c3sc(S(N)(=O)=O)cc3c2=O)cn1. The Morgan fingerprint density at radius 3 is 2.73 bits per heavy atom. The van der Waals surface area contributed by atoms with E-state index in [0.717, 1.165) is 15.9 Å². The van der Waals surface area contributed by atoms with Gasteiger partial charge in [-0.2, -0.15) is 5.10 Å². The fraction of sp³-hybridized carbons (Fsp3) is 0.182. The van der Waals surface area contributed by atoms with Crippen LogP contribution in [0.5, 0.6) is 0 Å². The normalized spacial score (nSPS) is 12.1. The van der Waals surface area contributed by atoms with Crippen LogP contribution in [0.3, 0.4) is 0 Å². The van der Waals surface area contributed by atoms with Gasteiger partial charge in [0, 0.05) is 18.8 Å². The lowest BCUT2D eigenvalue weighted by Crippen LogP contribution is -2.34. The first-order valence-electron chi connectivity index (χ1n) is 6.02. The molecule has 11 heteroatoms. The van der Waals surface area contributed by atoms with E-state index in [9.17, 15) is 18.0 Å². The molecule has 116 valence electrons. The van der Waals surface area contributed by atoms with Crippen LogP contribution in [0.1, 0.15) is 5.56 Å². The zero-order valence-corrected chi connectivity index (χ0v) is 12.9. The lowest BCUT2D eigenvalue weighted by Gasteiger charge is -2.02. The number of nitrogens with two attached hydrogens (primary N) is 1. The minimum Gasteiger partial charge on any atom is -0.298 e. The molecule has 3 aromatic rings. The van der Waals surface area contributed by atoms with Crippen molar-refractivity contribution < 1.29 is 8.42 Å². The Morgan fingerprint density at radius 2 is 2.14 bits per heavy atom. The molecule has 0 aliphatic carbocycles. The van der Waals surface area contributed by atoms with Gasteiger partial charge in [0.15, 0.2) is 0 Å². The van der Waals surface area contributed by atoms with Gasteiger partial charge in [0.05, 0.1) is 18.1 Å². The minimum atomic E-state index is -3.93. The van der Waals surface area contributed by atoms with E-state index >= 15 is 0 Å². The van der Waals surface area contributed by atoms with E-state index in [1.54, 1.807) is 24.1 Å². The lowest BCUT2D eigenvalue weighted by atomic mass is 10.3. The first-order chi connectivity index (χ1) is 10.3. The average Bonchev–Trinajstić information content (AvgIpc) is 3.00. The lowest BCUT2D eigenvalue weighted by molar-refractivity contribution is 0.600. The second-order valence-corrected chi connectivity index (χ2v) is 7.54. The Bertz CT molecular complexity index is 1090. The molecule has 0 aliphatic heterocycles. The van der Waals surface area contributed by atoms with Crippen LogP contribution in [0.2, 0.25) is 0 Å². The van der Waals surface area contributed by atoms with Crippen LogP contribution in [0.25, 0.3) is 10.2 Å². The summed E-state index contributed by atoms with van der Waals surface area (Å²) in [5.74, 6) is 0. The molecule has 0 amide bonds. The first-order valence-corrected chi connectivity index (χ1v) is 8.39. The Balaban J connectivity index is 2.20. The molecule has 3 rings (SSSR count). The highest BCUT2D eigenvalue weighted by molar-refractivity contribution is 7.91. The number of aromatic nitrogens is 4. The average molecular weight is 341 g/mol. The van der Waals surface area contributed by atoms with Gasteiger partial charge in [0.1, 0.15) is 9.04 Å². The van der Waals surface area contributed by atoms with Crippen LogP contribution >= 0.6 is 11.3 Å². The molecule has 3 N–H and O–H groups in total. The van der Waals surface area contributed by atoms with Gasteiger partial charge in [-0.25, -0.2) is 18.4 Å². The van der Waals surface area contributed by atoms with Gasteiger partial charge in [0.25, 0.3) is 5.56 Å². The number of nitrogens with one attached hydrogen (secondary N) is 1. The predicted molar refractivity (Wildman–Crippen MR) is 80.4 cm³/mol. The van der Waals surface area contributed by atoms with Crippen molar-refractivity contribution in [2.75, 3.05) is 0 Å². The van der Waals surface area contributed by atoms with Crippen LogP contribution in [-0.4, -0.2) is 27.7 Å². The molecule has 0 aliphatic rings. The topological polar surface area (TPSA) is 133 Å². The molecule has 0 fully saturated rings. The fourth-order valence-corrected chi connectivity index (χ4v) is 3.81. The van der Waals surface area contributed by atoms with Gasteiger partial charge in [-0.1, -0.05) is 0 Å². The molecule has 0 saturated heterocycles. The van der Waals surface area contributed by atoms with E-state index in [-0.39, 0.29) is 21.0 Å². The number of primary sulfonamides is 1. The molecular formula is C11H11N5O4S2. The zero-order chi connectivity index (χ0) is 16.1. The van der Waals surface area contributed by atoms with Crippen molar-refractivity contribution in [2.24, 2.45) is 12.2 Å². The van der Waals surface area contributed by atoms with E-state index in [0.29, 0.717) is 5.56 Å². The maximum atomic E-state index is 12.4. The summed E-state index contributed by atoms with van der Waals surface area (Å²) in [6.45, 7) is 0.0402. The molecule has 0 spiro atoms. The fourth-order valence-electron chi connectivity index (χ4n) is 2.04. The largest absolute Gasteiger partial charge is 0.329 e. The molecule has 22 heavy (non-hydrogen) atoms. The smallest absolute Gasteiger partial charge is 0.298 e. The number of hydrogen-bond acceptors (Lipinski definition) is 6. The summed E-state index contributed by atoms with van der Waals surface area (Å²) in [4.78, 5) is 27.1. The van der Waals surface area contributed by atoms with Crippen molar-refractivity contribution in [1.29, 1.82) is 0 Å². The number of aryl methyl sites for hydroxylation is 1. The Labute approximate surface area is 127 Å². The molecule has 0 unspecified atom stereocenters. The molecule has 0 aromatic carbocycles. The molecule has 0 atom stereocenters. The van der Waals surface area contributed by atoms with Crippen molar-refractivity contribution in [2.45, 2.75) is 10.8 Å². The number of aromatic amines is 1.